The van der Waals surface area contributed by atoms with Gasteiger partial charge in [-0.3, -0.25) is 14.5 Å². The number of carboxylic acids is 1. The second-order valence-electron chi connectivity index (χ2n) is 8.55. The van der Waals surface area contributed by atoms with Crippen LogP contribution in [0.5, 0.6) is 0 Å². The van der Waals surface area contributed by atoms with Crippen LogP contribution in [0.4, 0.5) is 0 Å². The molecule has 3 heterocycles. The fourth-order valence-corrected chi connectivity index (χ4v) is 7.09. The third-order valence-corrected chi connectivity index (χ3v) is 8.79. The van der Waals surface area contributed by atoms with Crippen LogP contribution in [-0.2, 0) is 20.8 Å². The first-order chi connectivity index (χ1) is 17.5. The number of aliphatic carboxylic acids is 1. The van der Waals surface area contributed by atoms with Gasteiger partial charge in [0.05, 0.1) is 6.42 Å². The van der Waals surface area contributed by atoms with Crippen molar-refractivity contribution < 1.29 is 23.9 Å². The summed E-state index contributed by atoms with van der Waals surface area (Å²) in [6.45, 7) is 0. The second-order valence-corrected chi connectivity index (χ2v) is 10.8. The minimum absolute atomic E-state index is 0.0213. The molecule has 7 nitrogen and oxygen atoms in total. The van der Waals surface area contributed by atoms with Gasteiger partial charge in [-0.2, -0.15) is 0 Å². The van der Waals surface area contributed by atoms with Gasteiger partial charge in [-0.05, 0) is 29.8 Å². The number of benzene rings is 3. The predicted molar refractivity (Wildman–Crippen MR) is 139 cm³/mol. The van der Waals surface area contributed by atoms with Crippen molar-refractivity contribution in [2.75, 3.05) is 5.75 Å². The SMILES string of the molecule is O=C(Cc1ccccc1)N[C@@H]1C(=O)N2C(C(=O)O)=C(Sc3ccc4c(c3)oc3ccccc34)CS[C@@H]12. The molecule has 0 bridgehead atoms. The summed E-state index contributed by atoms with van der Waals surface area (Å²) in [5, 5.41) is 14.3. The van der Waals surface area contributed by atoms with E-state index in [9.17, 15) is 19.5 Å². The number of fused-ring (bicyclic) bond motifs is 4. The fourth-order valence-electron chi connectivity index (χ4n) is 4.59. The standard InChI is InChI=1S/C27H20N2O5S2/c30-22(12-15-6-2-1-3-7-15)28-23-25(31)29-24(27(32)33)21(14-35-26(23)29)36-16-10-11-18-17-8-4-5-9-19(17)34-20(18)13-16/h1-11,13,23,26H,12,14H2,(H,28,30)(H,32,33)/t23-,26+/m1/s1. The molecule has 0 unspecified atom stereocenters. The average molecular weight is 517 g/mol. The number of rotatable bonds is 6. The number of nitrogens with one attached hydrogen (secondary N) is 1. The van der Waals surface area contributed by atoms with E-state index < -0.39 is 23.3 Å². The first kappa shape index (κ1) is 22.8. The molecule has 2 aliphatic heterocycles. The molecule has 1 fully saturated rings. The average Bonchev–Trinajstić information content (AvgIpc) is 3.25. The van der Waals surface area contributed by atoms with Crippen LogP contribution in [0.15, 0.2) is 92.7 Å². The highest BCUT2D eigenvalue weighted by molar-refractivity contribution is 8.06. The van der Waals surface area contributed by atoms with E-state index in [0.29, 0.717) is 10.7 Å². The van der Waals surface area contributed by atoms with Crippen molar-refractivity contribution in [3.63, 3.8) is 0 Å². The normalized spacial score (nSPS) is 19.3. The number of hydrogen-bond donors (Lipinski definition) is 2. The summed E-state index contributed by atoms with van der Waals surface area (Å²) in [5.41, 5.74) is 2.34. The predicted octanol–water partition coefficient (Wildman–Crippen LogP) is 4.62. The molecule has 0 radical (unpaired) electrons. The highest BCUT2D eigenvalue weighted by atomic mass is 32.2. The lowest BCUT2D eigenvalue weighted by Gasteiger charge is -2.49. The van der Waals surface area contributed by atoms with Crippen LogP contribution in [0.25, 0.3) is 21.9 Å². The van der Waals surface area contributed by atoms with Gasteiger partial charge >= 0.3 is 5.97 Å². The van der Waals surface area contributed by atoms with Crippen LogP contribution in [0, 0.1) is 0 Å². The Morgan fingerprint density at radius 2 is 1.78 bits per heavy atom. The molecule has 0 aliphatic carbocycles. The maximum Gasteiger partial charge on any atom is 0.353 e. The maximum absolute atomic E-state index is 12.9. The zero-order chi connectivity index (χ0) is 24.8. The molecular formula is C27H20N2O5S2. The lowest BCUT2D eigenvalue weighted by Crippen LogP contribution is -2.70. The summed E-state index contributed by atoms with van der Waals surface area (Å²) in [5.74, 6) is -1.41. The van der Waals surface area contributed by atoms with Gasteiger partial charge in [-0.1, -0.05) is 60.3 Å². The summed E-state index contributed by atoms with van der Waals surface area (Å²) < 4.78 is 5.96. The number of carbonyl (C=O) groups is 3. The minimum Gasteiger partial charge on any atom is -0.477 e. The Bertz CT molecular complexity index is 1560. The Balaban J connectivity index is 1.22. The van der Waals surface area contributed by atoms with Crippen LogP contribution in [0.2, 0.25) is 0 Å². The Kier molecular flexibility index (Phi) is 5.73. The molecule has 0 saturated carbocycles. The molecule has 2 amide bonds. The fraction of sp³-hybridized carbons (Fsp3) is 0.148. The Morgan fingerprint density at radius 1 is 1.03 bits per heavy atom. The summed E-state index contributed by atoms with van der Waals surface area (Å²) in [6.07, 6.45) is 0.162. The van der Waals surface area contributed by atoms with E-state index in [1.807, 2.05) is 72.8 Å². The number of carbonyl (C=O) groups excluding carboxylic acids is 2. The van der Waals surface area contributed by atoms with Gasteiger partial charge in [-0.25, -0.2) is 4.79 Å². The van der Waals surface area contributed by atoms with Crippen molar-refractivity contribution in [2.45, 2.75) is 22.7 Å². The van der Waals surface area contributed by atoms with E-state index in [1.54, 1.807) is 0 Å². The number of β-lactam (4-membered cyclic amide) rings is 1. The van der Waals surface area contributed by atoms with Crippen LogP contribution in [0.3, 0.4) is 0 Å². The third-order valence-electron chi connectivity index (χ3n) is 6.25. The number of nitrogens with zero attached hydrogens (tertiary/aromatic N) is 1. The van der Waals surface area contributed by atoms with Crippen LogP contribution in [0.1, 0.15) is 5.56 Å². The van der Waals surface area contributed by atoms with Crippen LogP contribution in [-0.4, -0.2) is 45.0 Å². The molecule has 4 aromatic rings. The minimum atomic E-state index is -1.16. The summed E-state index contributed by atoms with van der Waals surface area (Å²) in [4.78, 5) is 40.4. The van der Waals surface area contributed by atoms with Gasteiger partial charge in [0.1, 0.15) is 28.3 Å². The van der Waals surface area contributed by atoms with Crippen LogP contribution < -0.4 is 5.32 Å². The Morgan fingerprint density at radius 3 is 2.58 bits per heavy atom. The summed E-state index contributed by atoms with van der Waals surface area (Å²) >= 11 is 2.78. The molecule has 1 aromatic heterocycles. The first-order valence-electron chi connectivity index (χ1n) is 11.3. The van der Waals surface area contributed by atoms with E-state index >= 15 is 0 Å². The first-order valence-corrected chi connectivity index (χ1v) is 13.2. The molecule has 0 spiro atoms. The number of amides is 2. The van der Waals surface area contributed by atoms with E-state index in [1.165, 1.54) is 28.4 Å². The lowest BCUT2D eigenvalue weighted by molar-refractivity contribution is -0.150. The molecule has 1 saturated heterocycles. The zero-order valence-electron chi connectivity index (χ0n) is 18.8. The third kappa shape index (κ3) is 3.94. The molecular weight excluding hydrogens is 496 g/mol. The van der Waals surface area contributed by atoms with Gasteiger partial charge in [0.25, 0.3) is 5.91 Å². The van der Waals surface area contributed by atoms with Crippen molar-refractivity contribution in [1.82, 2.24) is 10.2 Å². The monoisotopic (exact) mass is 516 g/mol. The van der Waals surface area contributed by atoms with E-state index in [2.05, 4.69) is 5.32 Å². The van der Waals surface area contributed by atoms with E-state index in [-0.39, 0.29) is 18.0 Å². The van der Waals surface area contributed by atoms with Gasteiger partial charge in [0.15, 0.2) is 0 Å². The highest BCUT2D eigenvalue weighted by Gasteiger charge is 2.54. The van der Waals surface area contributed by atoms with Crippen LogP contribution >= 0.6 is 23.5 Å². The second kappa shape index (κ2) is 9.07. The lowest BCUT2D eigenvalue weighted by atomic mass is 10.0. The summed E-state index contributed by atoms with van der Waals surface area (Å²) in [7, 11) is 0. The molecule has 36 heavy (non-hydrogen) atoms. The van der Waals surface area contributed by atoms with Gasteiger partial charge in [0.2, 0.25) is 5.91 Å². The number of thioether (sulfide) groups is 2. The molecule has 6 rings (SSSR count). The van der Waals surface area contributed by atoms with Crippen molar-refractivity contribution in [2.24, 2.45) is 0 Å². The highest BCUT2D eigenvalue weighted by Crippen LogP contribution is 2.45. The molecule has 9 heteroatoms. The number of hydrogen-bond acceptors (Lipinski definition) is 6. The zero-order valence-corrected chi connectivity index (χ0v) is 20.5. The number of carboxylic acid groups (broad SMARTS) is 1. The van der Waals surface area contributed by atoms with Gasteiger partial charge in [-0.15, -0.1) is 11.8 Å². The Hall–Kier alpha value is -3.69. The number of furan rings is 1. The molecule has 2 aliphatic rings. The quantitative estimate of drug-likeness (QED) is 0.361. The maximum atomic E-state index is 12.9. The molecule has 3 aromatic carbocycles. The molecule has 180 valence electrons. The van der Waals surface area contributed by atoms with E-state index in [0.717, 1.165) is 32.4 Å². The van der Waals surface area contributed by atoms with Gasteiger partial charge < -0.3 is 14.8 Å². The van der Waals surface area contributed by atoms with Crippen molar-refractivity contribution >= 4 is 63.2 Å². The van der Waals surface area contributed by atoms with Crippen molar-refractivity contribution in [3.05, 3.63) is 89.0 Å². The molecule has 2 N–H and O–H groups in total. The van der Waals surface area contributed by atoms with Crippen molar-refractivity contribution in [3.8, 4) is 0 Å². The van der Waals surface area contributed by atoms with Gasteiger partial charge in [0, 0.05) is 26.3 Å². The van der Waals surface area contributed by atoms with E-state index in [4.69, 9.17) is 4.42 Å². The summed E-state index contributed by atoms with van der Waals surface area (Å²) in [6, 6.07) is 22.1. The number of para-hydroxylation sites is 1. The smallest absolute Gasteiger partial charge is 0.353 e. The largest absolute Gasteiger partial charge is 0.477 e. The topological polar surface area (TPSA) is 99.9 Å². The van der Waals surface area contributed by atoms with Crippen molar-refractivity contribution in [1.29, 1.82) is 0 Å². The molecule has 2 atom stereocenters. The Labute approximate surface area is 214 Å².